The molecule has 0 spiro atoms. The molecular weight excluding hydrogens is 252 g/mol. The first-order valence-electron chi connectivity index (χ1n) is 5.54. The Morgan fingerprint density at radius 3 is 3.00 bits per heavy atom. The molecule has 0 atom stereocenters. The van der Waals surface area contributed by atoms with Crippen LogP contribution < -0.4 is 10.5 Å². The maximum atomic E-state index is 5.72. The smallest absolute Gasteiger partial charge is 0.237 e. The Morgan fingerprint density at radius 2 is 2.28 bits per heavy atom. The van der Waals surface area contributed by atoms with Crippen molar-refractivity contribution in [2.75, 3.05) is 12.8 Å². The van der Waals surface area contributed by atoms with Crippen LogP contribution in [0.15, 0.2) is 22.3 Å². The molecule has 8 heteroatoms. The van der Waals surface area contributed by atoms with Crippen molar-refractivity contribution < 1.29 is 4.74 Å². The molecule has 2 heterocycles. The number of pyridine rings is 1. The van der Waals surface area contributed by atoms with Crippen molar-refractivity contribution in [3.05, 3.63) is 12.1 Å². The number of methoxy groups -OCH3 is 1. The van der Waals surface area contributed by atoms with Crippen LogP contribution in [0.25, 0.3) is 0 Å². The third-order valence-corrected chi connectivity index (χ3v) is 3.50. The van der Waals surface area contributed by atoms with Crippen LogP contribution in [0, 0.1) is 0 Å². The summed E-state index contributed by atoms with van der Waals surface area (Å²) in [5.41, 5.74) is 6.24. The summed E-state index contributed by atoms with van der Waals surface area (Å²) in [6.07, 6.45) is 2.27. The van der Waals surface area contributed by atoms with Crippen LogP contribution in [0.3, 0.4) is 0 Å². The van der Waals surface area contributed by atoms with Crippen LogP contribution in [0.2, 0.25) is 0 Å². The molecule has 2 N–H and O–H groups in total. The Balaban J connectivity index is 1.85. The molecule has 0 radical (unpaired) electrons. The van der Waals surface area contributed by atoms with Crippen molar-refractivity contribution in [1.29, 1.82) is 0 Å². The molecular formula is C10H12N6OS. The largest absolute Gasteiger partial charge is 0.480 e. The molecule has 1 fully saturated rings. The highest BCUT2D eigenvalue weighted by Gasteiger charge is 2.28. The van der Waals surface area contributed by atoms with Gasteiger partial charge >= 0.3 is 0 Å². The minimum atomic E-state index is 0.422. The predicted molar refractivity (Wildman–Crippen MR) is 65.4 cm³/mol. The Labute approximate surface area is 108 Å². The standard InChI is InChI=1S/C10H12N6OS/c1-17-9-7(11)4-5-8(12-9)18-10-13-14-15-16(10)6-2-3-6/h4-6H,2-3,11H2,1H3. The molecule has 0 aromatic carbocycles. The number of nitrogen functional groups attached to an aromatic ring is 1. The van der Waals surface area contributed by atoms with Gasteiger partial charge in [0.1, 0.15) is 5.03 Å². The van der Waals surface area contributed by atoms with E-state index >= 15 is 0 Å². The lowest BCUT2D eigenvalue weighted by Crippen LogP contribution is -2.00. The summed E-state index contributed by atoms with van der Waals surface area (Å²) < 4.78 is 6.93. The van der Waals surface area contributed by atoms with Crippen LogP contribution in [0.5, 0.6) is 5.88 Å². The number of hydrogen-bond acceptors (Lipinski definition) is 7. The summed E-state index contributed by atoms with van der Waals surface area (Å²) in [5, 5.41) is 13.2. The Morgan fingerprint density at radius 1 is 1.44 bits per heavy atom. The summed E-state index contributed by atoms with van der Waals surface area (Å²) in [6, 6.07) is 4.03. The van der Waals surface area contributed by atoms with E-state index in [1.54, 1.807) is 13.2 Å². The second-order valence-corrected chi connectivity index (χ2v) is 4.97. The molecule has 0 unspecified atom stereocenters. The van der Waals surface area contributed by atoms with Crippen molar-refractivity contribution in [2.45, 2.75) is 29.1 Å². The fraction of sp³-hybridized carbons (Fsp3) is 0.400. The highest BCUT2D eigenvalue weighted by Crippen LogP contribution is 2.38. The average molecular weight is 264 g/mol. The Bertz CT molecular complexity index is 567. The van der Waals surface area contributed by atoms with Crippen LogP contribution in [-0.4, -0.2) is 32.3 Å². The van der Waals surface area contributed by atoms with Gasteiger partial charge in [-0.15, -0.1) is 5.10 Å². The Kier molecular flexibility index (Phi) is 2.78. The number of tetrazole rings is 1. The minimum Gasteiger partial charge on any atom is -0.480 e. The maximum absolute atomic E-state index is 5.72. The lowest BCUT2D eigenvalue weighted by molar-refractivity contribution is 0.397. The third kappa shape index (κ3) is 2.10. The SMILES string of the molecule is COc1nc(Sc2nnnn2C2CC2)ccc1N. The van der Waals surface area contributed by atoms with Gasteiger partial charge in [-0.2, -0.15) is 0 Å². The van der Waals surface area contributed by atoms with Gasteiger partial charge in [0.2, 0.25) is 11.0 Å². The van der Waals surface area contributed by atoms with Gasteiger partial charge in [0, 0.05) is 0 Å². The van der Waals surface area contributed by atoms with E-state index in [-0.39, 0.29) is 0 Å². The molecule has 7 nitrogen and oxygen atoms in total. The summed E-state index contributed by atoms with van der Waals surface area (Å²) in [6.45, 7) is 0. The second kappa shape index (κ2) is 4.45. The zero-order chi connectivity index (χ0) is 12.5. The summed E-state index contributed by atoms with van der Waals surface area (Å²) in [4.78, 5) is 4.29. The van der Waals surface area contributed by atoms with Crippen LogP contribution in [0.4, 0.5) is 5.69 Å². The van der Waals surface area contributed by atoms with Gasteiger partial charge in [-0.3, -0.25) is 0 Å². The number of anilines is 1. The van der Waals surface area contributed by atoms with E-state index in [0.29, 0.717) is 17.6 Å². The summed E-state index contributed by atoms with van der Waals surface area (Å²) in [5.74, 6) is 0.422. The normalized spacial score (nSPS) is 14.7. The summed E-state index contributed by atoms with van der Waals surface area (Å²) in [7, 11) is 1.54. The molecule has 1 aliphatic rings. The molecule has 1 saturated carbocycles. The second-order valence-electron chi connectivity index (χ2n) is 3.99. The number of rotatable bonds is 4. The highest BCUT2D eigenvalue weighted by molar-refractivity contribution is 7.99. The lowest BCUT2D eigenvalue weighted by Gasteiger charge is -2.05. The molecule has 1 aliphatic carbocycles. The van der Waals surface area contributed by atoms with Gasteiger partial charge in [0.25, 0.3) is 0 Å². The summed E-state index contributed by atoms with van der Waals surface area (Å²) >= 11 is 1.41. The van der Waals surface area contributed by atoms with E-state index < -0.39 is 0 Å². The number of hydrogen-bond donors (Lipinski definition) is 1. The first-order chi connectivity index (χ1) is 8.78. The molecule has 3 rings (SSSR count). The molecule has 94 valence electrons. The van der Waals surface area contributed by atoms with Gasteiger partial charge in [-0.25, -0.2) is 9.67 Å². The fourth-order valence-corrected chi connectivity index (χ4v) is 2.36. The minimum absolute atomic E-state index is 0.422. The molecule has 2 aromatic rings. The molecule has 0 amide bonds. The lowest BCUT2D eigenvalue weighted by atomic mass is 10.4. The van der Waals surface area contributed by atoms with Gasteiger partial charge < -0.3 is 10.5 Å². The van der Waals surface area contributed by atoms with Gasteiger partial charge in [0.05, 0.1) is 18.8 Å². The predicted octanol–water partition coefficient (Wildman–Crippen LogP) is 1.14. The van der Waals surface area contributed by atoms with Crippen molar-refractivity contribution in [1.82, 2.24) is 25.2 Å². The van der Waals surface area contributed by atoms with E-state index in [2.05, 4.69) is 20.5 Å². The number of nitrogens with zero attached hydrogens (tertiary/aromatic N) is 5. The first kappa shape index (κ1) is 11.3. The monoisotopic (exact) mass is 264 g/mol. The van der Waals surface area contributed by atoms with Gasteiger partial charge in [0.15, 0.2) is 0 Å². The molecule has 0 aliphatic heterocycles. The topological polar surface area (TPSA) is 91.7 Å². The van der Waals surface area contributed by atoms with E-state index in [4.69, 9.17) is 10.5 Å². The first-order valence-corrected chi connectivity index (χ1v) is 6.36. The van der Waals surface area contributed by atoms with E-state index in [0.717, 1.165) is 23.0 Å². The zero-order valence-electron chi connectivity index (χ0n) is 9.78. The van der Waals surface area contributed by atoms with Crippen LogP contribution >= 0.6 is 11.8 Å². The number of ether oxygens (including phenoxy) is 1. The highest BCUT2D eigenvalue weighted by atomic mass is 32.2. The van der Waals surface area contributed by atoms with Gasteiger partial charge in [-0.1, -0.05) is 0 Å². The average Bonchev–Trinajstić information content (AvgIpc) is 3.12. The van der Waals surface area contributed by atoms with Crippen molar-refractivity contribution in [3.63, 3.8) is 0 Å². The molecule has 0 bridgehead atoms. The van der Waals surface area contributed by atoms with Crippen molar-refractivity contribution >= 4 is 17.4 Å². The van der Waals surface area contributed by atoms with Gasteiger partial charge in [-0.05, 0) is 47.2 Å². The van der Waals surface area contributed by atoms with Crippen LogP contribution in [0.1, 0.15) is 18.9 Å². The van der Waals surface area contributed by atoms with E-state index in [1.165, 1.54) is 11.8 Å². The molecule has 0 saturated heterocycles. The van der Waals surface area contributed by atoms with Crippen LogP contribution in [-0.2, 0) is 0 Å². The fourth-order valence-electron chi connectivity index (χ4n) is 1.55. The van der Waals surface area contributed by atoms with E-state index in [9.17, 15) is 0 Å². The molecule has 18 heavy (non-hydrogen) atoms. The Hall–Kier alpha value is -1.83. The quantitative estimate of drug-likeness (QED) is 0.885. The number of aromatic nitrogens is 5. The van der Waals surface area contributed by atoms with E-state index in [1.807, 2.05) is 10.7 Å². The number of nitrogens with two attached hydrogens (primary N) is 1. The van der Waals surface area contributed by atoms with Crippen molar-refractivity contribution in [2.24, 2.45) is 0 Å². The molecule has 2 aromatic heterocycles. The van der Waals surface area contributed by atoms with Crippen molar-refractivity contribution in [3.8, 4) is 5.88 Å². The third-order valence-electron chi connectivity index (χ3n) is 2.61. The maximum Gasteiger partial charge on any atom is 0.237 e. The zero-order valence-corrected chi connectivity index (χ0v) is 10.6.